The van der Waals surface area contributed by atoms with E-state index in [0.717, 1.165) is 23.0 Å². The Bertz CT molecular complexity index is 357. The van der Waals surface area contributed by atoms with Gasteiger partial charge in [0.05, 0.1) is 0 Å². The molecule has 0 saturated heterocycles. The Kier molecular flexibility index (Phi) is 3.07. The molecule has 1 aromatic carbocycles. The molecule has 1 saturated carbocycles. The molecule has 4 heteroatoms. The molecule has 80 valence electrons. The van der Waals surface area contributed by atoms with Gasteiger partial charge in [0, 0.05) is 22.1 Å². The van der Waals surface area contributed by atoms with Gasteiger partial charge < -0.3 is 11.1 Å². The van der Waals surface area contributed by atoms with Crippen molar-refractivity contribution < 1.29 is 4.79 Å². The van der Waals surface area contributed by atoms with Gasteiger partial charge in [0.1, 0.15) is 0 Å². The van der Waals surface area contributed by atoms with E-state index in [1.807, 2.05) is 24.3 Å². The minimum atomic E-state index is 0.0824. The van der Waals surface area contributed by atoms with Gasteiger partial charge in [0.25, 0.3) is 0 Å². The summed E-state index contributed by atoms with van der Waals surface area (Å²) in [4.78, 5) is 11.6. The zero-order valence-electron chi connectivity index (χ0n) is 8.24. The summed E-state index contributed by atoms with van der Waals surface area (Å²) in [5.41, 5.74) is 6.47. The lowest BCUT2D eigenvalue weighted by Gasteiger charge is -2.31. The van der Waals surface area contributed by atoms with E-state index in [2.05, 4.69) is 21.2 Å². The first-order valence-corrected chi connectivity index (χ1v) is 5.76. The summed E-state index contributed by atoms with van der Waals surface area (Å²) in [6.45, 7) is 0. The Morgan fingerprint density at radius 2 is 1.93 bits per heavy atom. The van der Waals surface area contributed by atoms with E-state index in [-0.39, 0.29) is 17.9 Å². The summed E-state index contributed by atoms with van der Waals surface area (Å²) in [5.74, 6) is 0.183. The van der Waals surface area contributed by atoms with Crippen molar-refractivity contribution >= 4 is 27.5 Å². The van der Waals surface area contributed by atoms with Crippen LogP contribution < -0.4 is 11.1 Å². The van der Waals surface area contributed by atoms with E-state index < -0.39 is 0 Å². The second-order valence-electron chi connectivity index (χ2n) is 3.92. The maximum Gasteiger partial charge on any atom is 0.227 e. The summed E-state index contributed by atoms with van der Waals surface area (Å²) < 4.78 is 1.01. The second kappa shape index (κ2) is 4.33. The molecule has 2 rings (SSSR count). The van der Waals surface area contributed by atoms with E-state index >= 15 is 0 Å². The number of amides is 1. The predicted molar refractivity (Wildman–Crippen MR) is 63.5 cm³/mol. The van der Waals surface area contributed by atoms with Crippen LogP contribution in [0.1, 0.15) is 12.8 Å². The van der Waals surface area contributed by atoms with E-state index in [0.29, 0.717) is 0 Å². The molecular weight excluding hydrogens is 256 g/mol. The Balaban J connectivity index is 1.91. The topological polar surface area (TPSA) is 55.1 Å². The van der Waals surface area contributed by atoms with Crippen molar-refractivity contribution in [3.8, 4) is 0 Å². The van der Waals surface area contributed by atoms with E-state index in [4.69, 9.17) is 5.73 Å². The second-order valence-corrected chi connectivity index (χ2v) is 4.84. The van der Waals surface area contributed by atoms with Gasteiger partial charge in [0.2, 0.25) is 5.91 Å². The zero-order chi connectivity index (χ0) is 10.8. The first-order valence-electron chi connectivity index (χ1n) is 4.97. The molecule has 0 bridgehead atoms. The summed E-state index contributed by atoms with van der Waals surface area (Å²) in [6, 6.07) is 7.77. The molecule has 0 atom stereocenters. The van der Waals surface area contributed by atoms with Gasteiger partial charge >= 0.3 is 0 Å². The van der Waals surface area contributed by atoms with Gasteiger partial charge in [-0.1, -0.05) is 15.9 Å². The zero-order valence-corrected chi connectivity index (χ0v) is 9.83. The highest BCUT2D eigenvalue weighted by atomic mass is 79.9. The number of halogens is 1. The number of carbonyl (C=O) groups is 1. The first kappa shape index (κ1) is 10.6. The highest BCUT2D eigenvalue weighted by Crippen LogP contribution is 2.27. The SMILES string of the molecule is NC1CC(C(=O)Nc2ccc(Br)cc2)C1. The molecule has 0 unspecified atom stereocenters. The lowest BCUT2D eigenvalue weighted by Crippen LogP contribution is -2.42. The maximum absolute atomic E-state index is 11.6. The maximum atomic E-state index is 11.6. The van der Waals surface area contributed by atoms with Crippen LogP contribution in [0.5, 0.6) is 0 Å². The fourth-order valence-corrected chi connectivity index (χ4v) is 1.92. The molecule has 1 aliphatic carbocycles. The summed E-state index contributed by atoms with van der Waals surface area (Å²) in [7, 11) is 0. The third kappa shape index (κ3) is 2.58. The average Bonchev–Trinajstić information content (AvgIpc) is 2.17. The molecule has 3 nitrogen and oxygen atoms in total. The average molecular weight is 269 g/mol. The van der Waals surface area contributed by atoms with Gasteiger partial charge in [-0.3, -0.25) is 4.79 Å². The van der Waals surface area contributed by atoms with Crippen LogP contribution in [0.3, 0.4) is 0 Å². The Labute approximate surface area is 97.2 Å². The lowest BCUT2D eigenvalue weighted by molar-refractivity contribution is -0.122. The van der Waals surface area contributed by atoms with Gasteiger partial charge in [-0.2, -0.15) is 0 Å². The standard InChI is InChI=1S/C11H13BrN2O/c12-8-1-3-10(4-2-8)14-11(15)7-5-9(13)6-7/h1-4,7,9H,5-6,13H2,(H,14,15). The van der Waals surface area contributed by atoms with Crippen molar-refractivity contribution in [2.75, 3.05) is 5.32 Å². The van der Waals surface area contributed by atoms with Gasteiger partial charge in [-0.15, -0.1) is 0 Å². The largest absolute Gasteiger partial charge is 0.328 e. The van der Waals surface area contributed by atoms with Crippen LogP contribution in [0.25, 0.3) is 0 Å². The van der Waals surface area contributed by atoms with Crippen LogP contribution >= 0.6 is 15.9 Å². The van der Waals surface area contributed by atoms with Gasteiger partial charge in [0.15, 0.2) is 0 Å². The van der Waals surface area contributed by atoms with Crippen LogP contribution in [-0.4, -0.2) is 11.9 Å². The molecule has 0 aliphatic heterocycles. The van der Waals surface area contributed by atoms with Gasteiger partial charge in [-0.05, 0) is 37.1 Å². The minimum absolute atomic E-state index is 0.0824. The molecular formula is C11H13BrN2O. The third-order valence-corrected chi connectivity index (χ3v) is 3.19. The van der Waals surface area contributed by atoms with Crippen molar-refractivity contribution in [2.24, 2.45) is 11.7 Å². The molecule has 0 heterocycles. The number of rotatable bonds is 2. The molecule has 0 aromatic heterocycles. The van der Waals surface area contributed by atoms with Crippen LogP contribution in [0.15, 0.2) is 28.7 Å². The monoisotopic (exact) mass is 268 g/mol. The molecule has 1 aliphatic rings. The lowest BCUT2D eigenvalue weighted by atomic mass is 9.80. The van der Waals surface area contributed by atoms with E-state index in [1.54, 1.807) is 0 Å². The number of benzene rings is 1. The molecule has 0 spiro atoms. The van der Waals surface area contributed by atoms with Crippen molar-refractivity contribution in [1.29, 1.82) is 0 Å². The van der Waals surface area contributed by atoms with Gasteiger partial charge in [-0.25, -0.2) is 0 Å². The summed E-state index contributed by atoms with van der Waals surface area (Å²) in [6.07, 6.45) is 1.62. The molecule has 1 amide bonds. The Hall–Kier alpha value is -0.870. The summed E-state index contributed by atoms with van der Waals surface area (Å²) in [5, 5.41) is 2.88. The number of nitrogens with two attached hydrogens (primary N) is 1. The molecule has 0 radical (unpaired) electrons. The number of anilines is 1. The normalized spacial score (nSPS) is 24.4. The quantitative estimate of drug-likeness (QED) is 0.864. The van der Waals surface area contributed by atoms with Crippen molar-refractivity contribution in [2.45, 2.75) is 18.9 Å². The van der Waals surface area contributed by atoms with Crippen molar-refractivity contribution in [3.05, 3.63) is 28.7 Å². The van der Waals surface area contributed by atoms with Crippen molar-refractivity contribution in [3.63, 3.8) is 0 Å². The molecule has 1 aromatic rings. The fourth-order valence-electron chi connectivity index (χ4n) is 1.65. The van der Waals surface area contributed by atoms with Crippen LogP contribution in [-0.2, 0) is 4.79 Å². The smallest absolute Gasteiger partial charge is 0.227 e. The van der Waals surface area contributed by atoms with Crippen LogP contribution in [0.4, 0.5) is 5.69 Å². The first-order chi connectivity index (χ1) is 7.15. The summed E-state index contributed by atoms with van der Waals surface area (Å²) >= 11 is 3.34. The van der Waals surface area contributed by atoms with Crippen molar-refractivity contribution in [1.82, 2.24) is 0 Å². The minimum Gasteiger partial charge on any atom is -0.328 e. The number of hydrogen-bond donors (Lipinski definition) is 2. The fraction of sp³-hybridized carbons (Fsp3) is 0.364. The molecule has 1 fully saturated rings. The number of hydrogen-bond acceptors (Lipinski definition) is 2. The molecule has 15 heavy (non-hydrogen) atoms. The predicted octanol–water partition coefficient (Wildman–Crippen LogP) is 2.12. The van der Waals surface area contributed by atoms with Crippen LogP contribution in [0.2, 0.25) is 0 Å². The number of carbonyl (C=O) groups excluding carboxylic acids is 1. The third-order valence-electron chi connectivity index (χ3n) is 2.66. The van der Waals surface area contributed by atoms with E-state index in [9.17, 15) is 4.79 Å². The molecule has 3 N–H and O–H groups in total. The van der Waals surface area contributed by atoms with Crippen LogP contribution in [0, 0.1) is 5.92 Å². The number of nitrogens with one attached hydrogen (secondary N) is 1. The highest BCUT2D eigenvalue weighted by molar-refractivity contribution is 9.10. The highest BCUT2D eigenvalue weighted by Gasteiger charge is 2.31. The van der Waals surface area contributed by atoms with E-state index in [1.165, 1.54) is 0 Å². The Morgan fingerprint density at radius 3 is 2.47 bits per heavy atom. The Morgan fingerprint density at radius 1 is 1.33 bits per heavy atom.